The Balaban J connectivity index is 1.81. The van der Waals surface area contributed by atoms with Crippen molar-refractivity contribution in [1.82, 2.24) is 4.90 Å². The van der Waals surface area contributed by atoms with E-state index in [9.17, 15) is 4.79 Å². The van der Waals surface area contributed by atoms with E-state index in [0.717, 1.165) is 21.1 Å². The molecule has 0 atom stereocenters. The highest BCUT2D eigenvalue weighted by Crippen LogP contribution is 2.37. The number of benzene rings is 1. The molecule has 7 heteroatoms. The van der Waals surface area contributed by atoms with Crippen LogP contribution in [0.15, 0.2) is 16.6 Å². The van der Waals surface area contributed by atoms with Gasteiger partial charge in [0.1, 0.15) is 5.60 Å². The van der Waals surface area contributed by atoms with Gasteiger partial charge in [-0.2, -0.15) is 0 Å². The molecule has 2 aliphatic heterocycles. The second-order valence-electron chi connectivity index (χ2n) is 9.07. The van der Waals surface area contributed by atoms with E-state index in [4.69, 9.17) is 14.0 Å². The third-order valence-electron chi connectivity index (χ3n) is 5.20. The number of carbonyl (C=O) groups is 1. The number of halogens is 1. The molecule has 1 aromatic rings. The van der Waals surface area contributed by atoms with Crippen molar-refractivity contribution in [2.24, 2.45) is 0 Å². The molecule has 0 radical (unpaired) electrons. The summed E-state index contributed by atoms with van der Waals surface area (Å²) in [7, 11) is -0.419. The van der Waals surface area contributed by atoms with Crippen LogP contribution in [0.1, 0.15) is 59.6 Å². The van der Waals surface area contributed by atoms with Crippen molar-refractivity contribution in [3.05, 3.63) is 27.7 Å². The third-order valence-corrected chi connectivity index (χ3v) is 5.91. The first-order chi connectivity index (χ1) is 11.8. The number of rotatable bonds is 1. The molecule has 1 fully saturated rings. The summed E-state index contributed by atoms with van der Waals surface area (Å²) in [5, 5.41) is 0. The lowest BCUT2D eigenvalue weighted by molar-refractivity contribution is 0.00578. The Morgan fingerprint density at radius 1 is 1.15 bits per heavy atom. The third kappa shape index (κ3) is 3.66. The molecule has 2 aliphatic rings. The average molecular weight is 424 g/mol. The quantitative estimate of drug-likeness (QED) is 0.640. The zero-order valence-corrected chi connectivity index (χ0v) is 18.2. The smallest absolute Gasteiger partial charge is 0.444 e. The molecule has 1 amide bonds. The Hall–Kier alpha value is -1.05. The van der Waals surface area contributed by atoms with Gasteiger partial charge in [0.25, 0.3) is 0 Å². The normalized spacial score (nSPS) is 21.1. The van der Waals surface area contributed by atoms with E-state index in [1.165, 1.54) is 0 Å². The van der Waals surface area contributed by atoms with Crippen LogP contribution in [0.5, 0.6) is 0 Å². The lowest BCUT2D eigenvalue weighted by Crippen LogP contribution is -2.41. The molecule has 2 heterocycles. The van der Waals surface area contributed by atoms with E-state index < -0.39 is 12.7 Å². The second kappa shape index (κ2) is 6.25. The van der Waals surface area contributed by atoms with Crippen molar-refractivity contribution < 1.29 is 18.8 Å². The number of hydrogen-bond donors (Lipinski definition) is 0. The van der Waals surface area contributed by atoms with Crippen LogP contribution >= 0.6 is 15.9 Å². The predicted molar refractivity (Wildman–Crippen MR) is 105 cm³/mol. The minimum absolute atomic E-state index is 0.294. The molecule has 1 saturated heterocycles. The molecule has 26 heavy (non-hydrogen) atoms. The summed E-state index contributed by atoms with van der Waals surface area (Å²) in [5.41, 5.74) is 1.89. The summed E-state index contributed by atoms with van der Waals surface area (Å²) in [5.74, 6) is 0. The summed E-state index contributed by atoms with van der Waals surface area (Å²) >= 11 is 3.65. The van der Waals surface area contributed by atoms with Crippen molar-refractivity contribution in [3.63, 3.8) is 0 Å². The Morgan fingerprint density at radius 3 is 2.27 bits per heavy atom. The van der Waals surface area contributed by atoms with E-state index >= 15 is 0 Å². The van der Waals surface area contributed by atoms with Crippen LogP contribution in [0, 0.1) is 0 Å². The largest absolute Gasteiger partial charge is 0.494 e. The summed E-state index contributed by atoms with van der Waals surface area (Å²) in [6.07, 6.45) is -0.294. The average Bonchev–Trinajstić information content (AvgIpc) is 2.96. The fourth-order valence-corrected chi connectivity index (χ4v) is 3.70. The number of fused-ring (bicyclic) bond motifs is 1. The van der Waals surface area contributed by atoms with Gasteiger partial charge in [0, 0.05) is 11.0 Å². The first kappa shape index (κ1) is 19.7. The molecule has 1 aromatic carbocycles. The van der Waals surface area contributed by atoms with Gasteiger partial charge in [-0.15, -0.1) is 0 Å². The van der Waals surface area contributed by atoms with Gasteiger partial charge in [-0.05, 0) is 71.1 Å². The maximum absolute atomic E-state index is 12.4. The summed E-state index contributed by atoms with van der Waals surface area (Å²) in [6.45, 7) is 14.9. The van der Waals surface area contributed by atoms with Crippen LogP contribution < -0.4 is 5.46 Å². The van der Waals surface area contributed by atoms with Crippen LogP contribution in [0.4, 0.5) is 4.79 Å². The van der Waals surface area contributed by atoms with Crippen molar-refractivity contribution in [1.29, 1.82) is 0 Å². The van der Waals surface area contributed by atoms with Gasteiger partial charge in [-0.25, -0.2) is 4.79 Å². The number of hydrogen-bond acceptors (Lipinski definition) is 4. The fraction of sp³-hybridized carbons (Fsp3) is 0.632. The lowest BCUT2D eigenvalue weighted by atomic mass is 9.78. The van der Waals surface area contributed by atoms with Crippen molar-refractivity contribution in [2.45, 2.75) is 78.4 Å². The number of nitrogens with zero attached hydrogens (tertiary/aromatic N) is 1. The molecule has 5 nitrogen and oxygen atoms in total. The zero-order chi connectivity index (χ0) is 19.5. The molecular weight excluding hydrogens is 397 g/mol. The van der Waals surface area contributed by atoms with Gasteiger partial charge in [-0.3, -0.25) is 4.90 Å². The maximum atomic E-state index is 12.4. The Labute approximate surface area is 164 Å². The Kier molecular flexibility index (Phi) is 4.73. The van der Waals surface area contributed by atoms with Crippen molar-refractivity contribution in [3.8, 4) is 0 Å². The van der Waals surface area contributed by atoms with Crippen molar-refractivity contribution >= 4 is 34.6 Å². The van der Waals surface area contributed by atoms with E-state index in [2.05, 4.69) is 22.0 Å². The Bertz CT molecular complexity index is 726. The highest BCUT2D eigenvalue weighted by molar-refractivity contribution is 9.10. The van der Waals surface area contributed by atoms with Crippen molar-refractivity contribution in [2.75, 3.05) is 0 Å². The zero-order valence-electron chi connectivity index (χ0n) is 16.6. The summed E-state index contributed by atoms with van der Waals surface area (Å²) in [6, 6.07) is 4.10. The van der Waals surface area contributed by atoms with Crippen LogP contribution in [-0.2, 0) is 27.1 Å². The minimum Gasteiger partial charge on any atom is -0.444 e. The minimum atomic E-state index is -0.503. The SMILES string of the molecule is CC(C)(C)OC(=O)N1Cc2cc(B3OC(C)(C)C(C)(C)O3)cc(Br)c2C1. The molecule has 0 saturated carbocycles. The molecule has 0 bridgehead atoms. The molecular formula is C19H27BBrNO4. The molecule has 0 N–H and O–H groups in total. The molecule has 0 aromatic heterocycles. The number of ether oxygens (including phenoxy) is 1. The Morgan fingerprint density at radius 2 is 1.73 bits per heavy atom. The van der Waals surface area contributed by atoms with Gasteiger partial charge >= 0.3 is 13.2 Å². The summed E-state index contributed by atoms with van der Waals surface area (Å²) in [4.78, 5) is 14.1. The first-order valence-corrected chi connectivity index (χ1v) is 9.73. The summed E-state index contributed by atoms with van der Waals surface area (Å²) < 4.78 is 18.8. The van der Waals surface area contributed by atoms with Crippen LogP contribution in [-0.4, -0.2) is 34.9 Å². The molecule has 142 valence electrons. The number of carbonyl (C=O) groups excluding carboxylic acids is 1. The topological polar surface area (TPSA) is 48.0 Å². The van der Waals surface area contributed by atoms with Gasteiger partial charge in [-0.1, -0.05) is 22.0 Å². The second-order valence-corrected chi connectivity index (χ2v) is 9.92. The molecule has 0 spiro atoms. The van der Waals surface area contributed by atoms with Gasteiger partial charge in [0.15, 0.2) is 0 Å². The monoisotopic (exact) mass is 423 g/mol. The van der Waals surface area contributed by atoms with Crippen LogP contribution in [0.3, 0.4) is 0 Å². The highest BCUT2D eigenvalue weighted by Gasteiger charge is 2.52. The van der Waals surface area contributed by atoms with Gasteiger partial charge in [0.05, 0.1) is 17.7 Å². The maximum Gasteiger partial charge on any atom is 0.494 e. The van der Waals surface area contributed by atoms with Gasteiger partial charge < -0.3 is 14.0 Å². The molecule has 0 unspecified atom stereocenters. The predicted octanol–water partition coefficient (Wildman–Crippen LogP) is 4.00. The lowest BCUT2D eigenvalue weighted by Gasteiger charge is -2.32. The van der Waals surface area contributed by atoms with Crippen LogP contribution in [0.25, 0.3) is 0 Å². The standard InChI is InChI=1S/C19H27BBrNO4/c1-17(2,3)24-16(23)22-10-12-8-13(9-15(21)14(12)11-22)20-25-18(4,5)19(6,7)26-20/h8-9H,10-11H2,1-7H3. The highest BCUT2D eigenvalue weighted by atomic mass is 79.9. The van der Waals surface area contributed by atoms with E-state index in [1.54, 1.807) is 4.90 Å². The van der Waals surface area contributed by atoms with Crippen LogP contribution in [0.2, 0.25) is 0 Å². The fourth-order valence-electron chi connectivity index (χ4n) is 3.06. The van der Waals surface area contributed by atoms with Gasteiger partial charge in [0.2, 0.25) is 0 Å². The van der Waals surface area contributed by atoms with E-state index in [0.29, 0.717) is 13.1 Å². The van der Waals surface area contributed by atoms with E-state index in [1.807, 2.05) is 54.5 Å². The first-order valence-electron chi connectivity index (χ1n) is 8.94. The molecule has 0 aliphatic carbocycles. The number of amides is 1. The van der Waals surface area contributed by atoms with E-state index in [-0.39, 0.29) is 17.3 Å². The molecule has 3 rings (SSSR count).